The van der Waals surface area contributed by atoms with E-state index >= 15 is 0 Å². The summed E-state index contributed by atoms with van der Waals surface area (Å²) < 4.78 is 77.8. The molecule has 0 radical (unpaired) electrons. The van der Waals surface area contributed by atoms with E-state index in [2.05, 4.69) is 25.4 Å². The van der Waals surface area contributed by atoms with Crippen LogP contribution in [0.3, 0.4) is 0 Å². The summed E-state index contributed by atoms with van der Waals surface area (Å²) >= 11 is 4.48. The van der Waals surface area contributed by atoms with Crippen LogP contribution in [-0.4, -0.2) is 52.3 Å². The molecule has 15 nitrogen and oxygen atoms in total. The third-order valence-electron chi connectivity index (χ3n) is 3.38. The van der Waals surface area contributed by atoms with Gasteiger partial charge in [0.1, 0.15) is 10.7 Å². The molecule has 1 aromatic rings. The van der Waals surface area contributed by atoms with Gasteiger partial charge in [0.25, 0.3) is 0 Å². The summed E-state index contributed by atoms with van der Waals surface area (Å²) in [5, 5.41) is 9.97. The molecule has 172 valence electrons. The van der Waals surface area contributed by atoms with Gasteiger partial charge >= 0.3 is 29.2 Å². The van der Waals surface area contributed by atoms with E-state index in [1.807, 2.05) is 4.98 Å². The molecule has 21 heteroatoms. The smallest absolute Gasteiger partial charge is 0.384 e. The predicted molar refractivity (Wildman–Crippen MR) is 90.2 cm³/mol. The number of aromatic amines is 1. The van der Waals surface area contributed by atoms with Gasteiger partial charge in [0.15, 0.2) is 18.2 Å². The molecule has 2 rings (SSSR count). The number of nitrogens with one attached hydrogen (secondary N) is 1. The summed E-state index contributed by atoms with van der Waals surface area (Å²) in [6, 6.07) is 0. The van der Waals surface area contributed by atoms with Gasteiger partial charge in [-0.1, -0.05) is 12.2 Å². The van der Waals surface area contributed by atoms with E-state index in [0.29, 0.717) is 13.1 Å². The number of aromatic nitrogens is 2. The van der Waals surface area contributed by atoms with Crippen LogP contribution in [-0.2, 0) is 31.6 Å². The summed E-state index contributed by atoms with van der Waals surface area (Å²) in [4.78, 5) is 49.3. The van der Waals surface area contributed by atoms with Crippen LogP contribution in [0.2, 0.25) is 0 Å². The Hall–Kier alpha value is -0.710. The van der Waals surface area contributed by atoms with Crippen LogP contribution in [0.5, 0.6) is 0 Å². The second kappa shape index (κ2) is 8.33. The van der Waals surface area contributed by atoms with Gasteiger partial charge in [-0.2, -0.15) is 8.62 Å². The van der Waals surface area contributed by atoms with Gasteiger partial charge in [0.2, 0.25) is 5.79 Å². The van der Waals surface area contributed by atoms with Crippen molar-refractivity contribution < 1.29 is 65.0 Å². The number of H-pyrrole nitrogens is 1. The molecular weight excluding hydrogens is 507 g/mol. The van der Waals surface area contributed by atoms with Gasteiger partial charge in [-0.3, -0.25) is 14.1 Å². The van der Waals surface area contributed by atoms with E-state index in [1.165, 1.54) is 0 Å². The molecule has 1 aliphatic heterocycles. The van der Waals surface area contributed by atoms with Gasteiger partial charge in [-0.15, -0.1) is 0 Å². The number of nitrogens with zero attached hydrogens (tertiary/aromatic N) is 1. The third kappa shape index (κ3) is 5.95. The van der Waals surface area contributed by atoms with E-state index in [1.54, 1.807) is 0 Å². The fourth-order valence-corrected chi connectivity index (χ4v) is 5.67. The Labute approximate surface area is 169 Å². The highest BCUT2D eigenvalue weighted by Gasteiger charge is 2.58. The zero-order valence-electron chi connectivity index (χ0n) is 14.3. The van der Waals surface area contributed by atoms with Crippen LogP contribution in [0.25, 0.3) is 0 Å². The van der Waals surface area contributed by atoms with Crippen molar-refractivity contribution in [1.29, 1.82) is 0 Å². The van der Waals surface area contributed by atoms with Crippen molar-refractivity contribution in [1.82, 2.24) is 9.55 Å². The second-order valence-electron chi connectivity index (χ2n) is 5.74. The first-order valence-corrected chi connectivity index (χ1v) is 12.1. The number of halogens is 2. The number of phosphoric acid groups is 3. The van der Waals surface area contributed by atoms with E-state index in [9.17, 15) is 37.3 Å². The van der Waals surface area contributed by atoms with E-state index in [4.69, 9.17) is 19.4 Å². The Bertz CT molecular complexity index is 1090. The fourth-order valence-electron chi connectivity index (χ4n) is 2.28. The molecule has 0 aliphatic carbocycles. The lowest BCUT2D eigenvalue weighted by atomic mass is 10.1. The molecule has 0 saturated carbocycles. The summed E-state index contributed by atoms with van der Waals surface area (Å²) in [7, 11) is -17.4. The quantitative estimate of drug-likeness (QED) is 0.210. The van der Waals surface area contributed by atoms with E-state index in [-0.39, 0.29) is 4.57 Å². The SMILES string of the molecule is C[C@]1(OP(=O)(O)OP(=O)(O)OP(=O)(O)O)O[C@@H](n2cc(F)c(=S)[nH]c2=O)[C@@H](F)[C@H]1O. The van der Waals surface area contributed by atoms with Gasteiger partial charge in [0, 0.05) is 0 Å². The van der Waals surface area contributed by atoms with Crippen LogP contribution in [0.1, 0.15) is 13.2 Å². The Morgan fingerprint density at radius 2 is 1.80 bits per heavy atom. The number of aliphatic hydroxyl groups excluding tert-OH is 1. The number of alkyl halides is 1. The molecular formula is C9H13F2N2O13P3S. The van der Waals surface area contributed by atoms with Crippen LogP contribution >= 0.6 is 35.7 Å². The van der Waals surface area contributed by atoms with Crippen LogP contribution in [0, 0.1) is 10.5 Å². The normalized spacial score (nSPS) is 31.3. The van der Waals surface area contributed by atoms with Crippen molar-refractivity contribution in [2.75, 3.05) is 0 Å². The maximum Gasteiger partial charge on any atom is 0.490 e. The standard InChI is InChI=1S/C9H13F2N2O13P3S/c1-9(24-28(19,20)26-29(21,22)25-27(16,17)18)5(14)4(11)7(23-9)13-2-3(10)6(30)12-8(13)15/h2,4-5,7,14H,1H3,(H,19,20)(H,21,22)(H,12,15,30)(H2,16,17,18)/t4-,5+,7+,9+/m0/s1. The van der Waals surface area contributed by atoms with Crippen molar-refractivity contribution in [3.63, 3.8) is 0 Å². The highest BCUT2D eigenvalue weighted by Crippen LogP contribution is 2.67. The minimum atomic E-state index is -5.90. The van der Waals surface area contributed by atoms with Gasteiger partial charge in [-0.05, 0) is 6.92 Å². The molecule has 1 fully saturated rings. The van der Waals surface area contributed by atoms with Crippen LogP contribution in [0.15, 0.2) is 11.0 Å². The van der Waals surface area contributed by atoms with Gasteiger partial charge < -0.3 is 29.4 Å². The van der Waals surface area contributed by atoms with Gasteiger partial charge in [0.05, 0.1) is 6.20 Å². The molecule has 6 N–H and O–H groups in total. The summed E-state index contributed by atoms with van der Waals surface area (Å²) in [6.45, 7) is 0.648. The monoisotopic (exact) mass is 520 g/mol. The second-order valence-corrected chi connectivity index (χ2v) is 10.5. The van der Waals surface area contributed by atoms with Crippen molar-refractivity contribution in [2.24, 2.45) is 0 Å². The molecule has 6 atom stereocenters. The van der Waals surface area contributed by atoms with Crippen LogP contribution in [0.4, 0.5) is 8.78 Å². The molecule has 2 unspecified atom stereocenters. The lowest BCUT2D eigenvalue weighted by Crippen LogP contribution is -2.41. The molecule has 1 aromatic heterocycles. The van der Waals surface area contributed by atoms with E-state index in [0.717, 1.165) is 0 Å². The molecule has 1 saturated heterocycles. The van der Waals surface area contributed by atoms with Gasteiger partial charge in [-0.25, -0.2) is 27.3 Å². The maximum atomic E-state index is 14.5. The number of hydrogen-bond donors (Lipinski definition) is 6. The number of hydrogen-bond acceptors (Lipinski definition) is 10. The maximum absolute atomic E-state index is 14.5. The molecule has 0 amide bonds. The highest BCUT2D eigenvalue weighted by atomic mass is 32.1. The Kier molecular flexibility index (Phi) is 7.09. The topological polar surface area (TPSA) is 227 Å². The zero-order valence-corrected chi connectivity index (χ0v) is 17.8. The Balaban J connectivity index is 2.30. The van der Waals surface area contributed by atoms with Crippen LogP contribution < -0.4 is 5.69 Å². The number of phosphoric ester groups is 1. The lowest BCUT2D eigenvalue weighted by molar-refractivity contribution is -0.214. The lowest BCUT2D eigenvalue weighted by Gasteiger charge is -2.29. The Morgan fingerprint density at radius 3 is 2.33 bits per heavy atom. The summed E-state index contributed by atoms with van der Waals surface area (Å²) in [6.07, 6.45) is -6.75. The van der Waals surface area contributed by atoms with Crippen molar-refractivity contribution >= 4 is 35.7 Å². The molecule has 2 heterocycles. The van der Waals surface area contributed by atoms with E-state index < -0.39 is 63.9 Å². The summed E-state index contributed by atoms with van der Waals surface area (Å²) in [5.41, 5.74) is -1.19. The number of rotatable bonds is 7. The number of aliphatic hydroxyl groups is 1. The average molecular weight is 520 g/mol. The largest absolute Gasteiger partial charge is 0.490 e. The fraction of sp³-hybridized carbons (Fsp3) is 0.556. The average Bonchev–Trinajstić information content (AvgIpc) is 2.70. The molecule has 0 spiro atoms. The number of ether oxygens (including phenoxy) is 1. The highest BCUT2D eigenvalue weighted by molar-refractivity contribution is 7.71. The predicted octanol–water partition coefficient (Wildman–Crippen LogP) is 0.332. The molecule has 0 aromatic carbocycles. The first-order chi connectivity index (χ1) is 13.4. The van der Waals surface area contributed by atoms with Crippen molar-refractivity contribution in [3.05, 3.63) is 27.1 Å². The summed E-state index contributed by atoms with van der Waals surface area (Å²) in [5.74, 6) is -4.03. The Morgan fingerprint density at radius 1 is 1.23 bits per heavy atom. The zero-order chi connectivity index (χ0) is 23.3. The minimum absolute atomic E-state index is 0.268. The molecule has 30 heavy (non-hydrogen) atoms. The van der Waals surface area contributed by atoms with Crippen molar-refractivity contribution in [2.45, 2.75) is 31.2 Å². The first kappa shape index (κ1) is 25.5. The first-order valence-electron chi connectivity index (χ1n) is 7.21. The van der Waals surface area contributed by atoms with Crippen molar-refractivity contribution in [3.8, 4) is 0 Å². The molecule has 1 aliphatic rings. The third-order valence-corrected chi connectivity index (χ3v) is 7.59. The minimum Gasteiger partial charge on any atom is -0.384 e. The molecule has 0 bridgehead atoms.